The minimum Gasteiger partial charge on any atom is -0.466 e. The summed E-state index contributed by atoms with van der Waals surface area (Å²) in [5.41, 5.74) is 5.21. The number of piperidine rings is 1. The molecule has 1 saturated heterocycles. The number of aryl methyl sites for hydroxylation is 2. The molecule has 1 amide bonds. The zero-order chi connectivity index (χ0) is 26.4. The van der Waals surface area contributed by atoms with Crippen LogP contribution in [0.2, 0.25) is 0 Å². The Kier molecular flexibility index (Phi) is 8.77. The van der Waals surface area contributed by atoms with E-state index in [9.17, 15) is 9.59 Å². The third kappa shape index (κ3) is 6.66. The molecule has 4 rings (SSSR count). The lowest BCUT2D eigenvalue weighted by Gasteiger charge is -2.31. The third-order valence-electron chi connectivity index (χ3n) is 7.14. The SMILES string of the molecule is CCOC(=O)C1CCCN(C(=O)c2coc(CN(Cc3ccc(C)cc3C)C(C)c3ccccc3)n2)C1. The largest absolute Gasteiger partial charge is 0.466 e. The van der Waals surface area contributed by atoms with Crippen molar-refractivity contribution >= 4 is 11.9 Å². The summed E-state index contributed by atoms with van der Waals surface area (Å²) in [6.45, 7) is 10.7. The number of benzene rings is 2. The number of oxazole rings is 1. The lowest BCUT2D eigenvalue weighted by Crippen LogP contribution is -2.43. The second-order valence-electron chi connectivity index (χ2n) is 9.89. The van der Waals surface area contributed by atoms with Crippen LogP contribution in [0.3, 0.4) is 0 Å². The molecule has 2 aromatic carbocycles. The smallest absolute Gasteiger partial charge is 0.310 e. The third-order valence-corrected chi connectivity index (χ3v) is 7.14. The number of carbonyl (C=O) groups is 2. The Bertz CT molecular complexity index is 1210. The van der Waals surface area contributed by atoms with Gasteiger partial charge in [-0.05, 0) is 57.2 Å². The molecule has 0 aliphatic carbocycles. The fourth-order valence-electron chi connectivity index (χ4n) is 4.95. The molecule has 2 unspecified atom stereocenters. The van der Waals surface area contributed by atoms with Gasteiger partial charge in [-0.2, -0.15) is 0 Å². The Hall–Kier alpha value is -3.45. The van der Waals surface area contributed by atoms with Gasteiger partial charge in [-0.3, -0.25) is 14.5 Å². The number of carbonyl (C=O) groups excluding carboxylic acids is 2. The summed E-state index contributed by atoms with van der Waals surface area (Å²) >= 11 is 0. The Morgan fingerprint density at radius 1 is 1.16 bits per heavy atom. The average molecular weight is 504 g/mol. The predicted octanol–water partition coefficient (Wildman–Crippen LogP) is 5.47. The molecular weight excluding hydrogens is 466 g/mol. The normalized spacial score (nSPS) is 16.6. The Labute approximate surface area is 219 Å². The highest BCUT2D eigenvalue weighted by atomic mass is 16.5. The Morgan fingerprint density at radius 2 is 1.95 bits per heavy atom. The maximum Gasteiger partial charge on any atom is 0.310 e. The molecule has 3 aromatic rings. The molecule has 7 heteroatoms. The molecule has 0 bridgehead atoms. The van der Waals surface area contributed by atoms with Crippen molar-refractivity contribution in [3.63, 3.8) is 0 Å². The van der Waals surface area contributed by atoms with E-state index < -0.39 is 0 Å². The van der Waals surface area contributed by atoms with Crippen LogP contribution in [0.25, 0.3) is 0 Å². The van der Waals surface area contributed by atoms with Crippen LogP contribution in [0, 0.1) is 19.8 Å². The fourth-order valence-corrected chi connectivity index (χ4v) is 4.95. The van der Waals surface area contributed by atoms with E-state index >= 15 is 0 Å². The molecule has 1 aliphatic heterocycles. The number of likely N-dealkylation sites (tertiary alicyclic amines) is 1. The molecule has 1 fully saturated rings. The molecular formula is C30H37N3O4. The average Bonchev–Trinajstić information content (AvgIpc) is 3.38. The van der Waals surface area contributed by atoms with Crippen molar-refractivity contribution in [2.45, 2.75) is 59.7 Å². The van der Waals surface area contributed by atoms with E-state index in [4.69, 9.17) is 9.15 Å². The van der Waals surface area contributed by atoms with Gasteiger partial charge in [-0.15, -0.1) is 0 Å². The number of nitrogens with zero attached hydrogens (tertiary/aromatic N) is 3. The topological polar surface area (TPSA) is 75.9 Å². The highest BCUT2D eigenvalue weighted by Crippen LogP contribution is 2.26. The molecule has 0 spiro atoms. The first kappa shape index (κ1) is 26.6. The van der Waals surface area contributed by atoms with E-state index in [1.807, 2.05) is 18.2 Å². The van der Waals surface area contributed by atoms with Crippen LogP contribution in [0.4, 0.5) is 0 Å². The predicted molar refractivity (Wildman–Crippen MR) is 142 cm³/mol. The van der Waals surface area contributed by atoms with Crippen LogP contribution in [0.15, 0.2) is 59.2 Å². The molecule has 0 N–H and O–H groups in total. The van der Waals surface area contributed by atoms with Crippen molar-refractivity contribution < 1.29 is 18.7 Å². The zero-order valence-corrected chi connectivity index (χ0v) is 22.3. The van der Waals surface area contributed by atoms with E-state index in [1.54, 1.807) is 11.8 Å². The standard InChI is InChI=1S/C30H37N3O4/c1-5-36-30(35)26-12-9-15-32(18-26)29(34)27-20-37-28(31-27)19-33(23(4)24-10-7-6-8-11-24)17-25-14-13-21(2)16-22(25)3/h6-8,10-11,13-14,16,20,23,26H,5,9,12,15,17-19H2,1-4H3. The van der Waals surface area contributed by atoms with Gasteiger partial charge in [-0.1, -0.05) is 54.1 Å². The van der Waals surface area contributed by atoms with Gasteiger partial charge in [0.2, 0.25) is 5.89 Å². The number of amides is 1. The minimum atomic E-state index is -0.288. The lowest BCUT2D eigenvalue weighted by molar-refractivity contribution is -0.149. The summed E-state index contributed by atoms with van der Waals surface area (Å²) in [4.78, 5) is 34.0. The first-order chi connectivity index (χ1) is 17.9. The van der Waals surface area contributed by atoms with E-state index in [0.717, 1.165) is 19.4 Å². The van der Waals surface area contributed by atoms with Crippen LogP contribution in [0.1, 0.15) is 71.4 Å². The second-order valence-corrected chi connectivity index (χ2v) is 9.89. The summed E-state index contributed by atoms with van der Waals surface area (Å²) in [6.07, 6.45) is 2.93. The van der Waals surface area contributed by atoms with Gasteiger partial charge >= 0.3 is 5.97 Å². The van der Waals surface area contributed by atoms with Gasteiger partial charge in [0, 0.05) is 25.7 Å². The van der Waals surface area contributed by atoms with Crippen molar-refractivity contribution in [3.05, 3.63) is 88.6 Å². The monoisotopic (exact) mass is 503 g/mol. The van der Waals surface area contributed by atoms with E-state index in [-0.39, 0.29) is 29.5 Å². The van der Waals surface area contributed by atoms with Crippen molar-refractivity contribution in [2.24, 2.45) is 5.92 Å². The van der Waals surface area contributed by atoms with Crippen molar-refractivity contribution in [1.29, 1.82) is 0 Å². The molecule has 2 atom stereocenters. The quantitative estimate of drug-likeness (QED) is 0.361. The molecule has 1 aromatic heterocycles. The lowest BCUT2D eigenvalue weighted by atomic mass is 9.98. The van der Waals surface area contributed by atoms with Crippen molar-refractivity contribution in [2.75, 3.05) is 19.7 Å². The maximum absolute atomic E-state index is 13.2. The van der Waals surface area contributed by atoms with Gasteiger partial charge in [0.25, 0.3) is 5.91 Å². The van der Waals surface area contributed by atoms with Gasteiger partial charge < -0.3 is 14.1 Å². The minimum absolute atomic E-state index is 0.111. The van der Waals surface area contributed by atoms with Crippen LogP contribution < -0.4 is 0 Å². The van der Waals surface area contributed by atoms with Crippen LogP contribution in [-0.2, 0) is 22.6 Å². The molecule has 0 radical (unpaired) electrons. The number of hydrogen-bond acceptors (Lipinski definition) is 6. The maximum atomic E-state index is 13.2. The van der Waals surface area contributed by atoms with Crippen molar-refractivity contribution in [1.82, 2.24) is 14.8 Å². The van der Waals surface area contributed by atoms with Crippen LogP contribution >= 0.6 is 0 Å². The number of ether oxygens (including phenoxy) is 1. The first-order valence-corrected chi connectivity index (χ1v) is 13.1. The number of rotatable bonds is 9. The molecule has 2 heterocycles. The molecule has 7 nitrogen and oxygen atoms in total. The molecule has 0 saturated carbocycles. The summed E-state index contributed by atoms with van der Waals surface area (Å²) in [7, 11) is 0. The number of aromatic nitrogens is 1. The van der Waals surface area contributed by atoms with E-state index in [2.05, 4.69) is 61.0 Å². The van der Waals surface area contributed by atoms with Gasteiger partial charge in [0.05, 0.1) is 19.1 Å². The molecule has 1 aliphatic rings. The fraction of sp³-hybridized carbons (Fsp3) is 0.433. The number of esters is 1. The summed E-state index contributed by atoms with van der Waals surface area (Å²) in [5.74, 6) is -0.238. The first-order valence-electron chi connectivity index (χ1n) is 13.1. The summed E-state index contributed by atoms with van der Waals surface area (Å²) < 4.78 is 11.0. The zero-order valence-electron chi connectivity index (χ0n) is 22.3. The highest BCUT2D eigenvalue weighted by molar-refractivity contribution is 5.92. The highest BCUT2D eigenvalue weighted by Gasteiger charge is 2.31. The second kappa shape index (κ2) is 12.2. The Balaban J connectivity index is 1.50. The van der Waals surface area contributed by atoms with E-state index in [0.29, 0.717) is 32.1 Å². The molecule has 37 heavy (non-hydrogen) atoms. The van der Waals surface area contributed by atoms with E-state index in [1.165, 1.54) is 28.5 Å². The van der Waals surface area contributed by atoms with Gasteiger partial charge in [0.15, 0.2) is 5.69 Å². The summed E-state index contributed by atoms with van der Waals surface area (Å²) in [5, 5.41) is 0. The number of hydrogen-bond donors (Lipinski definition) is 0. The van der Waals surface area contributed by atoms with Gasteiger partial charge in [-0.25, -0.2) is 4.98 Å². The van der Waals surface area contributed by atoms with Gasteiger partial charge in [0.1, 0.15) is 6.26 Å². The Morgan fingerprint density at radius 3 is 2.68 bits per heavy atom. The summed E-state index contributed by atoms with van der Waals surface area (Å²) in [6, 6.07) is 17.0. The van der Waals surface area contributed by atoms with Crippen molar-refractivity contribution in [3.8, 4) is 0 Å². The van der Waals surface area contributed by atoms with Crippen LogP contribution in [0.5, 0.6) is 0 Å². The van der Waals surface area contributed by atoms with Crippen LogP contribution in [-0.4, -0.2) is 46.4 Å². The molecule has 196 valence electrons.